The van der Waals surface area contributed by atoms with Crippen LogP contribution in [0.2, 0.25) is 0 Å². The molecule has 3 heterocycles. The van der Waals surface area contributed by atoms with E-state index >= 15 is 0 Å². The zero-order valence-electron chi connectivity index (χ0n) is 16.1. The summed E-state index contributed by atoms with van der Waals surface area (Å²) in [5.74, 6) is 1.78. The molecule has 0 radical (unpaired) electrons. The fourth-order valence-electron chi connectivity index (χ4n) is 4.99. The lowest BCUT2D eigenvalue weighted by molar-refractivity contribution is 0.0159. The highest BCUT2D eigenvalue weighted by Gasteiger charge is 2.43. The van der Waals surface area contributed by atoms with Gasteiger partial charge in [-0.25, -0.2) is 4.98 Å². The fourth-order valence-corrected chi connectivity index (χ4v) is 4.99. The van der Waals surface area contributed by atoms with Gasteiger partial charge in [0, 0.05) is 53.9 Å². The quantitative estimate of drug-likeness (QED) is 0.750. The SMILES string of the molecule is CC(C)CN1C[C@H](Oc2ccccn2)[C@H]2C[C@@H]1Cc1c2[nH]c2ccccc12. The molecule has 27 heavy (non-hydrogen) atoms. The topological polar surface area (TPSA) is 41.1 Å². The van der Waals surface area contributed by atoms with Crippen molar-refractivity contribution >= 4 is 10.9 Å². The van der Waals surface area contributed by atoms with Crippen LogP contribution in [-0.2, 0) is 6.42 Å². The summed E-state index contributed by atoms with van der Waals surface area (Å²) in [4.78, 5) is 10.8. The molecule has 3 atom stereocenters. The Morgan fingerprint density at radius 2 is 2.04 bits per heavy atom. The Bertz CT molecular complexity index is 933. The summed E-state index contributed by atoms with van der Waals surface area (Å²) in [6.07, 6.45) is 4.23. The molecule has 2 aliphatic rings. The van der Waals surface area contributed by atoms with E-state index in [1.165, 1.54) is 22.2 Å². The molecular weight excluding hydrogens is 334 g/mol. The Balaban J connectivity index is 1.55. The van der Waals surface area contributed by atoms with Crippen molar-refractivity contribution < 1.29 is 4.74 Å². The Morgan fingerprint density at radius 3 is 2.85 bits per heavy atom. The number of rotatable bonds is 4. The van der Waals surface area contributed by atoms with E-state index in [4.69, 9.17) is 4.74 Å². The third kappa shape index (κ3) is 3.02. The van der Waals surface area contributed by atoms with Crippen LogP contribution in [0.5, 0.6) is 5.88 Å². The summed E-state index contributed by atoms with van der Waals surface area (Å²) in [6, 6.07) is 15.2. The molecule has 0 saturated carbocycles. The van der Waals surface area contributed by atoms with Crippen LogP contribution in [0.3, 0.4) is 0 Å². The van der Waals surface area contributed by atoms with Gasteiger partial charge in [0.25, 0.3) is 0 Å². The number of ether oxygens (including phenoxy) is 1. The fraction of sp³-hybridized carbons (Fsp3) is 0.435. The van der Waals surface area contributed by atoms with Gasteiger partial charge >= 0.3 is 0 Å². The maximum absolute atomic E-state index is 6.43. The first kappa shape index (κ1) is 16.8. The van der Waals surface area contributed by atoms with Gasteiger partial charge in [0.15, 0.2) is 0 Å². The van der Waals surface area contributed by atoms with Gasteiger partial charge in [-0.1, -0.05) is 38.1 Å². The second kappa shape index (κ2) is 6.68. The van der Waals surface area contributed by atoms with Crippen LogP contribution in [0.15, 0.2) is 48.7 Å². The van der Waals surface area contributed by atoms with Crippen molar-refractivity contribution in [2.45, 2.75) is 44.8 Å². The minimum Gasteiger partial charge on any atom is -0.472 e. The van der Waals surface area contributed by atoms with Gasteiger partial charge in [-0.2, -0.15) is 0 Å². The molecular formula is C23H27N3O. The lowest BCUT2D eigenvalue weighted by Crippen LogP contribution is -2.54. The van der Waals surface area contributed by atoms with E-state index in [2.05, 4.69) is 53.0 Å². The monoisotopic (exact) mass is 361 g/mol. The van der Waals surface area contributed by atoms with Crippen LogP contribution in [0.1, 0.15) is 37.4 Å². The molecule has 140 valence electrons. The van der Waals surface area contributed by atoms with Crippen LogP contribution in [0.4, 0.5) is 0 Å². The Hall–Kier alpha value is -2.33. The van der Waals surface area contributed by atoms with Crippen molar-refractivity contribution in [2.75, 3.05) is 13.1 Å². The summed E-state index contributed by atoms with van der Waals surface area (Å²) in [7, 11) is 0. The predicted molar refractivity (Wildman–Crippen MR) is 108 cm³/mol. The molecule has 1 aliphatic carbocycles. The molecule has 0 spiro atoms. The van der Waals surface area contributed by atoms with Crippen LogP contribution in [0.25, 0.3) is 10.9 Å². The van der Waals surface area contributed by atoms with Crippen molar-refractivity contribution in [3.05, 3.63) is 59.9 Å². The Labute approximate surface area is 160 Å². The molecule has 1 fully saturated rings. The molecule has 2 aromatic heterocycles. The van der Waals surface area contributed by atoms with Crippen molar-refractivity contribution in [3.8, 4) is 5.88 Å². The molecule has 1 aliphatic heterocycles. The standard InChI is InChI=1S/C23H27N3O/c1-15(2)13-26-14-21(27-22-9-5-6-10-24-22)19-12-16(26)11-18-17-7-3-4-8-20(17)25-23(18)19/h3-10,15-16,19,21,25H,11-14H2,1-2H3/t16-,19+,21-/m0/s1. The van der Waals surface area contributed by atoms with E-state index in [1.54, 1.807) is 0 Å². The summed E-state index contributed by atoms with van der Waals surface area (Å²) in [5, 5.41) is 1.38. The first-order valence-corrected chi connectivity index (χ1v) is 10.1. The number of piperidine rings is 1. The lowest BCUT2D eigenvalue weighted by atomic mass is 9.76. The third-order valence-electron chi connectivity index (χ3n) is 6.07. The van der Waals surface area contributed by atoms with Gasteiger partial charge in [-0.3, -0.25) is 4.90 Å². The first-order chi connectivity index (χ1) is 13.2. The Morgan fingerprint density at radius 1 is 1.19 bits per heavy atom. The van der Waals surface area contributed by atoms with Crippen molar-refractivity contribution in [3.63, 3.8) is 0 Å². The lowest BCUT2D eigenvalue weighted by Gasteiger charge is -2.47. The average Bonchev–Trinajstić information content (AvgIpc) is 3.04. The molecule has 3 aromatic rings. The second-order valence-electron chi connectivity index (χ2n) is 8.43. The number of fused-ring (bicyclic) bond motifs is 6. The number of nitrogens with zero attached hydrogens (tertiary/aromatic N) is 2. The summed E-state index contributed by atoms with van der Waals surface area (Å²) < 4.78 is 6.43. The Kier molecular flexibility index (Phi) is 4.16. The van der Waals surface area contributed by atoms with Crippen LogP contribution in [0, 0.1) is 5.92 Å². The number of nitrogens with one attached hydrogen (secondary N) is 1. The number of likely N-dealkylation sites (tertiary alicyclic amines) is 1. The van der Waals surface area contributed by atoms with E-state index in [0.717, 1.165) is 31.8 Å². The van der Waals surface area contributed by atoms with Gasteiger partial charge in [0.05, 0.1) is 0 Å². The number of benzene rings is 1. The highest BCUT2D eigenvalue weighted by atomic mass is 16.5. The van der Waals surface area contributed by atoms with Crippen molar-refractivity contribution in [1.29, 1.82) is 0 Å². The largest absolute Gasteiger partial charge is 0.472 e. The summed E-state index contributed by atoms with van der Waals surface area (Å²) >= 11 is 0. The molecule has 0 amide bonds. The molecule has 1 aromatic carbocycles. The molecule has 1 saturated heterocycles. The maximum Gasteiger partial charge on any atom is 0.213 e. The van der Waals surface area contributed by atoms with Crippen molar-refractivity contribution in [1.82, 2.24) is 14.9 Å². The van der Waals surface area contributed by atoms with E-state index in [-0.39, 0.29) is 6.10 Å². The van der Waals surface area contributed by atoms with Crippen LogP contribution in [-0.4, -0.2) is 40.1 Å². The smallest absolute Gasteiger partial charge is 0.213 e. The van der Waals surface area contributed by atoms with Gasteiger partial charge in [-0.05, 0) is 36.5 Å². The predicted octanol–water partition coefficient (Wildman–Crippen LogP) is 4.38. The molecule has 0 unspecified atom stereocenters. The average molecular weight is 361 g/mol. The highest BCUT2D eigenvalue weighted by Crippen LogP contribution is 2.43. The number of aromatic amines is 1. The zero-order valence-corrected chi connectivity index (χ0v) is 16.1. The van der Waals surface area contributed by atoms with Gasteiger partial charge in [-0.15, -0.1) is 0 Å². The first-order valence-electron chi connectivity index (χ1n) is 10.1. The summed E-state index contributed by atoms with van der Waals surface area (Å²) in [5.41, 5.74) is 4.13. The number of para-hydroxylation sites is 1. The normalized spacial score (nSPS) is 24.9. The maximum atomic E-state index is 6.43. The number of hydrogen-bond donors (Lipinski definition) is 1. The van der Waals surface area contributed by atoms with Crippen molar-refractivity contribution in [2.24, 2.45) is 5.92 Å². The van der Waals surface area contributed by atoms with E-state index < -0.39 is 0 Å². The minimum atomic E-state index is 0.127. The second-order valence-corrected chi connectivity index (χ2v) is 8.43. The van der Waals surface area contributed by atoms with Gasteiger partial charge < -0.3 is 9.72 Å². The molecule has 1 N–H and O–H groups in total. The number of H-pyrrole nitrogens is 1. The molecule has 4 heteroatoms. The molecule has 5 rings (SSSR count). The summed E-state index contributed by atoms with van der Waals surface area (Å²) in [6.45, 7) is 6.71. The third-order valence-corrected chi connectivity index (χ3v) is 6.07. The van der Waals surface area contributed by atoms with Gasteiger partial charge in [0.2, 0.25) is 5.88 Å². The number of hydrogen-bond acceptors (Lipinski definition) is 3. The number of pyridine rings is 1. The number of aromatic nitrogens is 2. The van der Waals surface area contributed by atoms with Crippen LogP contribution < -0.4 is 4.74 Å². The molecule has 2 bridgehead atoms. The highest BCUT2D eigenvalue weighted by molar-refractivity contribution is 5.85. The van der Waals surface area contributed by atoms with Crippen LogP contribution >= 0.6 is 0 Å². The van der Waals surface area contributed by atoms with E-state index in [1.807, 2.05) is 24.4 Å². The van der Waals surface area contributed by atoms with E-state index in [9.17, 15) is 0 Å². The minimum absolute atomic E-state index is 0.127. The molecule has 4 nitrogen and oxygen atoms in total. The van der Waals surface area contributed by atoms with E-state index in [0.29, 0.717) is 17.9 Å². The zero-order chi connectivity index (χ0) is 18.4. The van der Waals surface area contributed by atoms with Gasteiger partial charge in [0.1, 0.15) is 6.10 Å².